The van der Waals surface area contributed by atoms with Gasteiger partial charge >= 0.3 is 0 Å². The molecule has 9 heteroatoms. The van der Waals surface area contributed by atoms with Crippen LogP contribution < -0.4 is 0 Å². The Kier molecular flexibility index (Phi) is 6.28. The third kappa shape index (κ3) is 5.01. The standard InChI is InChI=1S/C20H22N6O3/c1-15(17-10-6-11-18(14-17)26(28)29)24(2)19(27)12-7-13-25-22-20(21-23-25)16-8-4-3-5-9-16/h3-6,8-11,14-15H,7,12-13H2,1-2H3. The average Bonchev–Trinajstić information content (AvgIpc) is 3.22. The molecule has 0 bridgehead atoms. The van der Waals surface area contributed by atoms with Gasteiger partial charge in [-0.3, -0.25) is 14.9 Å². The van der Waals surface area contributed by atoms with Gasteiger partial charge in [0.25, 0.3) is 5.69 Å². The molecular weight excluding hydrogens is 372 g/mol. The first kappa shape index (κ1) is 20.1. The largest absolute Gasteiger partial charge is 0.339 e. The minimum Gasteiger partial charge on any atom is -0.339 e. The van der Waals surface area contributed by atoms with E-state index in [9.17, 15) is 14.9 Å². The Labute approximate surface area is 168 Å². The van der Waals surface area contributed by atoms with E-state index in [1.807, 2.05) is 37.3 Å². The number of hydrogen-bond acceptors (Lipinski definition) is 6. The van der Waals surface area contributed by atoms with Crippen LogP contribution in [0, 0.1) is 10.1 Å². The summed E-state index contributed by atoms with van der Waals surface area (Å²) in [7, 11) is 1.70. The minimum atomic E-state index is -0.438. The van der Waals surface area contributed by atoms with Gasteiger partial charge in [-0.05, 0) is 24.1 Å². The maximum absolute atomic E-state index is 12.5. The van der Waals surface area contributed by atoms with Crippen LogP contribution in [0.5, 0.6) is 0 Å². The summed E-state index contributed by atoms with van der Waals surface area (Å²) < 4.78 is 0. The maximum atomic E-state index is 12.5. The lowest BCUT2D eigenvalue weighted by molar-refractivity contribution is -0.384. The molecule has 3 rings (SSSR count). The Morgan fingerprint density at radius 1 is 1.21 bits per heavy atom. The van der Waals surface area contributed by atoms with Gasteiger partial charge in [0, 0.05) is 31.2 Å². The Morgan fingerprint density at radius 3 is 2.69 bits per heavy atom. The average molecular weight is 394 g/mol. The quantitative estimate of drug-likeness (QED) is 0.429. The Hall–Kier alpha value is -3.62. The van der Waals surface area contributed by atoms with Crippen molar-refractivity contribution >= 4 is 11.6 Å². The molecule has 150 valence electrons. The summed E-state index contributed by atoms with van der Waals surface area (Å²) in [6.45, 7) is 2.33. The molecule has 1 unspecified atom stereocenters. The number of nitrogens with zero attached hydrogens (tertiary/aromatic N) is 6. The van der Waals surface area contributed by atoms with E-state index in [-0.39, 0.29) is 17.6 Å². The molecule has 0 aliphatic carbocycles. The van der Waals surface area contributed by atoms with Crippen LogP contribution in [-0.4, -0.2) is 43.0 Å². The van der Waals surface area contributed by atoms with Crippen LogP contribution in [0.3, 0.4) is 0 Å². The maximum Gasteiger partial charge on any atom is 0.269 e. The number of non-ortho nitro benzene ring substituents is 1. The number of carbonyl (C=O) groups excluding carboxylic acids is 1. The van der Waals surface area contributed by atoms with Gasteiger partial charge in [-0.15, -0.1) is 10.2 Å². The van der Waals surface area contributed by atoms with Gasteiger partial charge in [0.05, 0.1) is 17.5 Å². The molecule has 1 amide bonds. The van der Waals surface area contributed by atoms with Crippen molar-refractivity contribution in [3.8, 4) is 11.4 Å². The molecule has 2 aromatic carbocycles. The molecule has 29 heavy (non-hydrogen) atoms. The van der Waals surface area contributed by atoms with Crippen LogP contribution in [-0.2, 0) is 11.3 Å². The number of nitro groups is 1. The van der Waals surface area contributed by atoms with E-state index >= 15 is 0 Å². The van der Waals surface area contributed by atoms with Gasteiger partial charge < -0.3 is 4.90 Å². The van der Waals surface area contributed by atoms with Gasteiger partial charge in [0.2, 0.25) is 11.7 Å². The second-order valence-corrected chi connectivity index (χ2v) is 6.71. The van der Waals surface area contributed by atoms with Crippen LogP contribution in [0.1, 0.15) is 31.4 Å². The normalized spacial score (nSPS) is 11.8. The predicted octanol–water partition coefficient (Wildman–Crippen LogP) is 3.25. The van der Waals surface area contributed by atoms with Crippen LogP contribution in [0.4, 0.5) is 5.69 Å². The zero-order valence-corrected chi connectivity index (χ0v) is 16.3. The first-order chi connectivity index (χ1) is 14.0. The number of aryl methyl sites for hydroxylation is 1. The highest BCUT2D eigenvalue weighted by molar-refractivity contribution is 5.76. The van der Waals surface area contributed by atoms with Crippen molar-refractivity contribution in [2.45, 2.75) is 32.4 Å². The lowest BCUT2D eigenvalue weighted by Crippen LogP contribution is -2.29. The number of rotatable bonds is 8. The summed E-state index contributed by atoms with van der Waals surface area (Å²) >= 11 is 0. The molecule has 0 aliphatic heterocycles. The molecule has 0 radical (unpaired) electrons. The van der Waals surface area contributed by atoms with Gasteiger partial charge in [0.1, 0.15) is 0 Å². The third-order valence-electron chi connectivity index (χ3n) is 4.77. The number of aromatic nitrogens is 4. The summed E-state index contributed by atoms with van der Waals surface area (Å²) in [5.41, 5.74) is 1.63. The second-order valence-electron chi connectivity index (χ2n) is 6.71. The molecule has 1 atom stereocenters. The molecule has 0 spiro atoms. The third-order valence-corrected chi connectivity index (χ3v) is 4.77. The van der Waals surface area contributed by atoms with E-state index in [1.54, 1.807) is 24.1 Å². The van der Waals surface area contributed by atoms with E-state index in [0.717, 1.165) is 11.1 Å². The molecule has 1 aromatic heterocycles. The molecule has 9 nitrogen and oxygen atoms in total. The predicted molar refractivity (Wildman–Crippen MR) is 107 cm³/mol. The van der Waals surface area contributed by atoms with Crippen LogP contribution in [0.15, 0.2) is 54.6 Å². The second kappa shape index (κ2) is 9.05. The lowest BCUT2D eigenvalue weighted by Gasteiger charge is -2.25. The topological polar surface area (TPSA) is 107 Å². The van der Waals surface area contributed by atoms with Crippen LogP contribution in [0.25, 0.3) is 11.4 Å². The van der Waals surface area contributed by atoms with Crippen molar-refractivity contribution in [1.29, 1.82) is 0 Å². The van der Waals surface area contributed by atoms with Gasteiger partial charge in [-0.1, -0.05) is 42.5 Å². The number of tetrazole rings is 1. The van der Waals surface area contributed by atoms with Crippen molar-refractivity contribution in [1.82, 2.24) is 25.1 Å². The van der Waals surface area contributed by atoms with E-state index in [0.29, 0.717) is 25.2 Å². The molecule has 0 saturated heterocycles. The van der Waals surface area contributed by atoms with Crippen molar-refractivity contribution < 1.29 is 9.72 Å². The van der Waals surface area contributed by atoms with Gasteiger partial charge in [-0.25, -0.2) is 0 Å². The highest BCUT2D eigenvalue weighted by Gasteiger charge is 2.19. The van der Waals surface area contributed by atoms with Gasteiger partial charge in [0.15, 0.2) is 0 Å². The van der Waals surface area contributed by atoms with Crippen molar-refractivity contribution in [2.75, 3.05) is 7.05 Å². The number of nitro benzene ring substituents is 1. The SMILES string of the molecule is CC(c1cccc([N+](=O)[O-])c1)N(C)C(=O)CCCn1nnc(-c2ccccc2)n1. The Balaban J connectivity index is 1.53. The van der Waals surface area contributed by atoms with Crippen molar-refractivity contribution in [2.24, 2.45) is 0 Å². The highest BCUT2D eigenvalue weighted by atomic mass is 16.6. The van der Waals surface area contributed by atoms with E-state index in [2.05, 4.69) is 15.4 Å². The number of carbonyl (C=O) groups is 1. The Morgan fingerprint density at radius 2 is 1.97 bits per heavy atom. The summed E-state index contributed by atoms with van der Waals surface area (Å²) in [5, 5.41) is 23.4. The summed E-state index contributed by atoms with van der Waals surface area (Å²) in [4.78, 5) is 26.1. The molecule has 0 aliphatic rings. The minimum absolute atomic E-state index is 0.0154. The summed E-state index contributed by atoms with van der Waals surface area (Å²) in [6.07, 6.45) is 0.882. The smallest absolute Gasteiger partial charge is 0.269 e. The van der Waals surface area contributed by atoms with E-state index in [4.69, 9.17) is 0 Å². The van der Waals surface area contributed by atoms with Gasteiger partial charge in [-0.2, -0.15) is 4.80 Å². The monoisotopic (exact) mass is 394 g/mol. The van der Waals surface area contributed by atoms with Crippen LogP contribution in [0.2, 0.25) is 0 Å². The summed E-state index contributed by atoms with van der Waals surface area (Å²) in [5.74, 6) is 0.501. The molecule has 0 fully saturated rings. The zero-order chi connectivity index (χ0) is 20.8. The molecule has 1 heterocycles. The fraction of sp³-hybridized carbons (Fsp3) is 0.300. The van der Waals surface area contributed by atoms with E-state index in [1.165, 1.54) is 16.9 Å². The fourth-order valence-electron chi connectivity index (χ4n) is 2.93. The number of amides is 1. The van der Waals surface area contributed by atoms with E-state index < -0.39 is 4.92 Å². The first-order valence-electron chi connectivity index (χ1n) is 9.29. The van der Waals surface area contributed by atoms with Crippen molar-refractivity contribution in [3.05, 3.63) is 70.3 Å². The Bertz CT molecular complexity index is 989. The van der Waals surface area contributed by atoms with Crippen molar-refractivity contribution in [3.63, 3.8) is 0 Å². The number of benzene rings is 2. The highest BCUT2D eigenvalue weighted by Crippen LogP contribution is 2.23. The number of hydrogen-bond donors (Lipinski definition) is 0. The molecule has 0 saturated carbocycles. The molecule has 3 aromatic rings. The summed E-state index contributed by atoms with van der Waals surface area (Å²) in [6, 6.07) is 15.6. The molecular formula is C20H22N6O3. The first-order valence-corrected chi connectivity index (χ1v) is 9.29. The zero-order valence-electron chi connectivity index (χ0n) is 16.3. The van der Waals surface area contributed by atoms with Crippen LogP contribution >= 0.6 is 0 Å². The molecule has 0 N–H and O–H groups in total. The fourth-order valence-corrected chi connectivity index (χ4v) is 2.93. The lowest BCUT2D eigenvalue weighted by atomic mass is 10.1.